The molecule has 0 aromatic heterocycles. The minimum atomic E-state index is -0.313. The van der Waals surface area contributed by atoms with Gasteiger partial charge in [0.1, 0.15) is 6.10 Å². The van der Waals surface area contributed by atoms with E-state index in [0.29, 0.717) is 19.0 Å². The number of ether oxygens (including phenoxy) is 1. The lowest BCUT2D eigenvalue weighted by Crippen LogP contribution is -2.47. The number of carbonyl (C=O) groups excluding carboxylic acids is 2. The van der Waals surface area contributed by atoms with Gasteiger partial charge in [-0.1, -0.05) is 25.5 Å². The lowest BCUT2D eigenvalue weighted by Gasteiger charge is -2.39. The number of carbonyl (C=O) groups is 2. The van der Waals surface area contributed by atoms with Gasteiger partial charge in [-0.15, -0.1) is 0 Å². The lowest BCUT2D eigenvalue weighted by atomic mass is 9.88. The minimum Gasteiger partial charge on any atom is -0.362 e. The van der Waals surface area contributed by atoms with Crippen LogP contribution >= 0.6 is 0 Å². The molecule has 5 heteroatoms. The van der Waals surface area contributed by atoms with Gasteiger partial charge in [0.2, 0.25) is 5.91 Å². The summed E-state index contributed by atoms with van der Waals surface area (Å²) in [4.78, 5) is 27.1. The number of hydrogen-bond acceptors (Lipinski definition) is 3. The predicted molar refractivity (Wildman–Crippen MR) is 108 cm³/mol. The molecule has 3 aliphatic rings. The van der Waals surface area contributed by atoms with E-state index >= 15 is 0 Å². The molecular weight excluding hydrogens is 352 g/mol. The standard InChI is InChI=1S/C23H32N2O3/c1-2-3-17-6-8-19(9-7-17)22(27)25-14-12-23(13-15-25)11-10-20(28-23)21(26)24-16-18-4-5-18/h6-9,18,20H,2-5,10-16H2,1H3,(H,24,26). The molecule has 0 radical (unpaired) electrons. The maximum Gasteiger partial charge on any atom is 0.253 e. The predicted octanol–water partition coefficient (Wildman–Crippen LogP) is 3.32. The molecule has 1 aromatic carbocycles. The summed E-state index contributed by atoms with van der Waals surface area (Å²) in [6.45, 7) is 4.36. The molecule has 2 aliphatic heterocycles. The summed E-state index contributed by atoms with van der Waals surface area (Å²) in [7, 11) is 0. The highest BCUT2D eigenvalue weighted by Gasteiger charge is 2.45. The zero-order chi connectivity index (χ0) is 19.6. The van der Waals surface area contributed by atoms with Gasteiger partial charge in [-0.05, 0) is 68.6 Å². The number of hydrogen-bond donors (Lipinski definition) is 1. The molecule has 4 rings (SSSR count). The third-order valence-corrected chi connectivity index (χ3v) is 6.51. The first-order chi connectivity index (χ1) is 13.6. The second kappa shape index (κ2) is 8.24. The number of nitrogens with one attached hydrogen (secondary N) is 1. The van der Waals surface area contributed by atoms with Gasteiger partial charge in [0.05, 0.1) is 5.60 Å². The first kappa shape index (κ1) is 19.4. The molecular formula is C23H32N2O3. The van der Waals surface area contributed by atoms with Crippen LogP contribution < -0.4 is 5.32 Å². The van der Waals surface area contributed by atoms with Gasteiger partial charge in [-0.25, -0.2) is 0 Å². The van der Waals surface area contributed by atoms with E-state index in [1.807, 2.05) is 17.0 Å². The zero-order valence-corrected chi connectivity index (χ0v) is 16.9. The molecule has 1 unspecified atom stereocenters. The van der Waals surface area contributed by atoms with Crippen molar-refractivity contribution in [2.75, 3.05) is 19.6 Å². The summed E-state index contributed by atoms with van der Waals surface area (Å²) in [5.41, 5.74) is 1.83. The molecule has 3 fully saturated rings. The fraction of sp³-hybridized carbons (Fsp3) is 0.652. The van der Waals surface area contributed by atoms with E-state index in [2.05, 4.69) is 24.4 Å². The molecule has 1 N–H and O–H groups in total. The number of benzene rings is 1. The highest BCUT2D eigenvalue weighted by Crippen LogP contribution is 2.39. The van der Waals surface area contributed by atoms with Gasteiger partial charge >= 0.3 is 0 Å². The Bertz CT molecular complexity index is 703. The largest absolute Gasteiger partial charge is 0.362 e. The van der Waals surface area contributed by atoms with Crippen molar-refractivity contribution in [1.29, 1.82) is 0 Å². The third kappa shape index (κ3) is 4.40. The van der Waals surface area contributed by atoms with Crippen LogP contribution in [0.4, 0.5) is 0 Å². The van der Waals surface area contributed by atoms with Crippen LogP contribution in [0.2, 0.25) is 0 Å². The average Bonchev–Trinajstić information content (AvgIpc) is 3.47. The van der Waals surface area contributed by atoms with Gasteiger partial charge in [-0.2, -0.15) is 0 Å². The topological polar surface area (TPSA) is 58.6 Å². The molecule has 1 atom stereocenters. The molecule has 0 bridgehead atoms. The van der Waals surface area contributed by atoms with Crippen molar-refractivity contribution in [1.82, 2.24) is 10.2 Å². The molecule has 2 saturated heterocycles. The summed E-state index contributed by atoms with van der Waals surface area (Å²) in [5, 5.41) is 3.04. The number of likely N-dealkylation sites (tertiary alicyclic amines) is 1. The van der Waals surface area contributed by atoms with Crippen LogP contribution in [0.25, 0.3) is 0 Å². The number of rotatable bonds is 6. The first-order valence-corrected chi connectivity index (χ1v) is 10.9. The molecule has 152 valence electrons. The number of nitrogens with zero attached hydrogens (tertiary/aromatic N) is 1. The Kier molecular flexibility index (Phi) is 5.72. The van der Waals surface area contributed by atoms with Gasteiger partial charge in [-0.3, -0.25) is 9.59 Å². The quantitative estimate of drug-likeness (QED) is 0.819. The average molecular weight is 385 g/mol. The molecule has 5 nitrogen and oxygen atoms in total. The Morgan fingerprint density at radius 3 is 2.46 bits per heavy atom. The van der Waals surface area contributed by atoms with Crippen LogP contribution in [0.3, 0.4) is 0 Å². The van der Waals surface area contributed by atoms with Crippen molar-refractivity contribution < 1.29 is 14.3 Å². The van der Waals surface area contributed by atoms with Crippen LogP contribution in [0.15, 0.2) is 24.3 Å². The van der Waals surface area contributed by atoms with E-state index in [1.54, 1.807) is 0 Å². The fourth-order valence-electron chi connectivity index (χ4n) is 4.45. The van der Waals surface area contributed by atoms with Gasteiger partial charge in [0, 0.05) is 25.2 Å². The SMILES string of the molecule is CCCc1ccc(C(=O)N2CCC3(CCC(C(=O)NCC4CC4)O3)CC2)cc1. The normalized spacial score (nSPS) is 23.8. The van der Waals surface area contributed by atoms with E-state index in [0.717, 1.165) is 50.6 Å². The highest BCUT2D eigenvalue weighted by atomic mass is 16.5. The summed E-state index contributed by atoms with van der Waals surface area (Å²) in [6, 6.07) is 8.02. The maximum absolute atomic E-state index is 12.8. The molecule has 1 saturated carbocycles. The van der Waals surface area contributed by atoms with Gasteiger partial charge < -0.3 is 15.0 Å². The van der Waals surface area contributed by atoms with Crippen LogP contribution in [0, 0.1) is 5.92 Å². The molecule has 28 heavy (non-hydrogen) atoms. The van der Waals surface area contributed by atoms with Crippen molar-refractivity contribution in [2.45, 2.75) is 70.0 Å². The second-order valence-corrected chi connectivity index (χ2v) is 8.76. The summed E-state index contributed by atoms with van der Waals surface area (Å²) in [6.07, 6.45) is 7.67. The maximum atomic E-state index is 12.8. The molecule has 1 spiro atoms. The van der Waals surface area contributed by atoms with Crippen LogP contribution in [0.5, 0.6) is 0 Å². The van der Waals surface area contributed by atoms with E-state index in [9.17, 15) is 9.59 Å². The van der Waals surface area contributed by atoms with E-state index in [4.69, 9.17) is 4.74 Å². The van der Waals surface area contributed by atoms with Gasteiger partial charge in [0.15, 0.2) is 0 Å². The van der Waals surface area contributed by atoms with Crippen LogP contribution in [0.1, 0.15) is 67.8 Å². The van der Waals surface area contributed by atoms with E-state index in [-0.39, 0.29) is 23.5 Å². The number of amides is 2. The second-order valence-electron chi connectivity index (χ2n) is 8.76. The molecule has 2 heterocycles. The summed E-state index contributed by atoms with van der Waals surface area (Å²) in [5.74, 6) is 0.841. The Morgan fingerprint density at radius 1 is 1.11 bits per heavy atom. The van der Waals surface area contributed by atoms with Crippen molar-refractivity contribution in [3.05, 3.63) is 35.4 Å². The van der Waals surface area contributed by atoms with E-state index in [1.165, 1.54) is 18.4 Å². The number of aryl methyl sites for hydroxylation is 1. The molecule has 2 amide bonds. The molecule has 1 aliphatic carbocycles. The van der Waals surface area contributed by atoms with Gasteiger partial charge in [0.25, 0.3) is 5.91 Å². The van der Waals surface area contributed by atoms with Crippen LogP contribution in [-0.4, -0.2) is 48.1 Å². The summed E-state index contributed by atoms with van der Waals surface area (Å²) >= 11 is 0. The molecule has 1 aromatic rings. The highest BCUT2D eigenvalue weighted by molar-refractivity contribution is 5.94. The van der Waals surface area contributed by atoms with Crippen molar-refractivity contribution in [3.8, 4) is 0 Å². The Hall–Kier alpha value is -1.88. The third-order valence-electron chi connectivity index (χ3n) is 6.51. The Morgan fingerprint density at radius 2 is 1.82 bits per heavy atom. The minimum absolute atomic E-state index is 0.0504. The Balaban J connectivity index is 1.28. The monoisotopic (exact) mass is 384 g/mol. The zero-order valence-electron chi connectivity index (χ0n) is 16.9. The smallest absolute Gasteiger partial charge is 0.253 e. The summed E-state index contributed by atoms with van der Waals surface area (Å²) < 4.78 is 6.23. The van der Waals surface area contributed by atoms with Crippen LogP contribution in [-0.2, 0) is 16.0 Å². The van der Waals surface area contributed by atoms with Crippen molar-refractivity contribution >= 4 is 11.8 Å². The lowest BCUT2D eigenvalue weighted by molar-refractivity contribution is -0.140. The first-order valence-electron chi connectivity index (χ1n) is 10.9. The van der Waals surface area contributed by atoms with E-state index < -0.39 is 0 Å². The number of piperidine rings is 1. The fourth-order valence-corrected chi connectivity index (χ4v) is 4.45. The Labute approximate surface area is 167 Å². The van der Waals surface area contributed by atoms with Crippen molar-refractivity contribution in [2.24, 2.45) is 5.92 Å². The van der Waals surface area contributed by atoms with Crippen molar-refractivity contribution in [3.63, 3.8) is 0 Å².